The average Bonchev–Trinajstić information content (AvgIpc) is 3.16. The Kier molecular flexibility index (Phi) is 4.04. The molecule has 1 aromatic carbocycles. The lowest BCUT2D eigenvalue weighted by molar-refractivity contribution is -0.124. The maximum Gasteiger partial charge on any atom is 0.233 e. The molecule has 0 bridgehead atoms. The van der Waals surface area contributed by atoms with E-state index in [4.69, 9.17) is 22.7 Å². The predicted octanol–water partition coefficient (Wildman–Crippen LogP) is 1.56. The number of benzene rings is 1. The van der Waals surface area contributed by atoms with Gasteiger partial charge in [0.2, 0.25) is 5.91 Å². The highest BCUT2D eigenvalue weighted by atomic mass is 32.1. The lowest BCUT2D eigenvalue weighted by Crippen LogP contribution is -2.41. The molecule has 102 valence electrons. The van der Waals surface area contributed by atoms with Crippen LogP contribution in [0.1, 0.15) is 18.4 Å². The van der Waals surface area contributed by atoms with Gasteiger partial charge in [0.05, 0.1) is 16.9 Å². The van der Waals surface area contributed by atoms with Crippen LogP contribution in [-0.4, -0.2) is 24.0 Å². The molecule has 1 aromatic rings. The molecular formula is C14H18N2O2S. The van der Waals surface area contributed by atoms with Crippen molar-refractivity contribution in [1.82, 2.24) is 5.32 Å². The van der Waals surface area contributed by atoms with E-state index in [0.29, 0.717) is 18.1 Å². The topological polar surface area (TPSA) is 64.3 Å². The van der Waals surface area contributed by atoms with Crippen LogP contribution in [0.15, 0.2) is 24.3 Å². The summed E-state index contributed by atoms with van der Waals surface area (Å²) in [6, 6.07) is 7.80. The molecule has 4 nitrogen and oxygen atoms in total. The molecule has 0 heterocycles. The molecule has 1 aliphatic rings. The second kappa shape index (κ2) is 5.57. The van der Waals surface area contributed by atoms with Gasteiger partial charge in [-0.05, 0) is 37.5 Å². The Labute approximate surface area is 118 Å². The van der Waals surface area contributed by atoms with E-state index in [1.807, 2.05) is 31.2 Å². The van der Waals surface area contributed by atoms with Gasteiger partial charge in [-0.3, -0.25) is 4.79 Å². The molecule has 19 heavy (non-hydrogen) atoms. The minimum absolute atomic E-state index is 0.0761. The smallest absolute Gasteiger partial charge is 0.233 e. The van der Waals surface area contributed by atoms with Crippen molar-refractivity contribution >= 4 is 23.1 Å². The van der Waals surface area contributed by atoms with Crippen LogP contribution in [-0.2, 0) is 4.79 Å². The summed E-state index contributed by atoms with van der Waals surface area (Å²) in [4.78, 5) is 12.2. The lowest BCUT2D eigenvalue weighted by atomic mass is 10.1. The van der Waals surface area contributed by atoms with E-state index in [0.717, 1.165) is 24.2 Å². The minimum atomic E-state index is -0.585. The maximum absolute atomic E-state index is 11.9. The first kappa shape index (κ1) is 13.8. The van der Waals surface area contributed by atoms with Crippen LogP contribution < -0.4 is 15.8 Å². The van der Waals surface area contributed by atoms with Crippen LogP contribution in [0, 0.1) is 12.3 Å². The molecule has 0 saturated heterocycles. The van der Waals surface area contributed by atoms with E-state index in [9.17, 15) is 4.79 Å². The molecular weight excluding hydrogens is 260 g/mol. The molecule has 3 N–H and O–H groups in total. The Bertz CT molecular complexity index is 498. The molecule has 0 atom stereocenters. The molecule has 0 unspecified atom stereocenters. The Hall–Kier alpha value is -1.62. The quantitative estimate of drug-likeness (QED) is 0.612. The molecule has 1 aliphatic carbocycles. The number of amides is 1. The summed E-state index contributed by atoms with van der Waals surface area (Å²) in [6.45, 7) is 2.90. The van der Waals surface area contributed by atoms with Crippen molar-refractivity contribution in [2.45, 2.75) is 19.8 Å². The van der Waals surface area contributed by atoms with Gasteiger partial charge >= 0.3 is 0 Å². The van der Waals surface area contributed by atoms with E-state index >= 15 is 0 Å². The van der Waals surface area contributed by atoms with Crippen LogP contribution in [0.25, 0.3) is 0 Å². The summed E-state index contributed by atoms with van der Waals surface area (Å²) in [7, 11) is 0. The van der Waals surface area contributed by atoms with Crippen molar-refractivity contribution in [1.29, 1.82) is 0 Å². The van der Waals surface area contributed by atoms with Gasteiger partial charge in [-0.2, -0.15) is 0 Å². The van der Waals surface area contributed by atoms with Crippen molar-refractivity contribution in [2.24, 2.45) is 11.1 Å². The zero-order chi connectivity index (χ0) is 13.9. The third kappa shape index (κ3) is 3.23. The Balaban J connectivity index is 1.73. The third-order valence-electron chi connectivity index (χ3n) is 3.30. The number of aryl methyl sites for hydroxylation is 1. The highest BCUT2D eigenvalue weighted by Crippen LogP contribution is 2.46. The predicted molar refractivity (Wildman–Crippen MR) is 78.1 cm³/mol. The van der Waals surface area contributed by atoms with Crippen LogP contribution in [0.3, 0.4) is 0 Å². The Morgan fingerprint density at radius 1 is 1.53 bits per heavy atom. The van der Waals surface area contributed by atoms with Crippen molar-refractivity contribution in [2.75, 3.05) is 13.2 Å². The van der Waals surface area contributed by atoms with Gasteiger partial charge in [-0.15, -0.1) is 0 Å². The van der Waals surface area contributed by atoms with Crippen LogP contribution in [0.4, 0.5) is 0 Å². The number of ether oxygens (including phenoxy) is 1. The van der Waals surface area contributed by atoms with E-state index < -0.39 is 5.41 Å². The first-order valence-corrected chi connectivity index (χ1v) is 6.73. The molecule has 1 saturated carbocycles. The second-order valence-corrected chi connectivity index (χ2v) is 5.31. The van der Waals surface area contributed by atoms with Gasteiger partial charge in [0.25, 0.3) is 0 Å². The van der Waals surface area contributed by atoms with E-state index in [-0.39, 0.29) is 5.91 Å². The fourth-order valence-corrected chi connectivity index (χ4v) is 2.21. The van der Waals surface area contributed by atoms with Gasteiger partial charge in [-0.25, -0.2) is 0 Å². The molecule has 1 fully saturated rings. The monoisotopic (exact) mass is 278 g/mol. The fourth-order valence-electron chi connectivity index (χ4n) is 1.92. The molecule has 1 amide bonds. The number of hydrogen-bond acceptors (Lipinski definition) is 3. The van der Waals surface area contributed by atoms with Gasteiger partial charge in [0, 0.05) is 0 Å². The highest BCUT2D eigenvalue weighted by Gasteiger charge is 2.52. The standard InChI is InChI=1S/C14H18N2O2S/c1-10-3-2-4-11(9-10)18-8-7-16-13(17)14(5-6-14)12(15)19/h2-4,9H,5-8H2,1H3,(H2,15,19)(H,16,17). The van der Waals surface area contributed by atoms with Gasteiger partial charge in [-0.1, -0.05) is 24.4 Å². The van der Waals surface area contributed by atoms with E-state index in [1.165, 1.54) is 0 Å². The number of nitrogens with one attached hydrogen (secondary N) is 1. The molecule has 0 aromatic heterocycles. The maximum atomic E-state index is 11.9. The van der Waals surface area contributed by atoms with Crippen LogP contribution in [0.5, 0.6) is 5.75 Å². The Morgan fingerprint density at radius 3 is 2.84 bits per heavy atom. The number of thiocarbonyl (C=S) groups is 1. The third-order valence-corrected chi connectivity index (χ3v) is 3.69. The molecule has 2 rings (SSSR count). The molecule has 0 spiro atoms. The first-order chi connectivity index (χ1) is 9.04. The van der Waals surface area contributed by atoms with Crippen molar-refractivity contribution in [3.05, 3.63) is 29.8 Å². The largest absolute Gasteiger partial charge is 0.492 e. The normalized spacial score (nSPS) is 15.6. The molecule has 5 heteroatoms. The van der Waals surface area contributed by atoms with Gasteiger partial charge < -0.3 is 15.8 Å². The SMILES string of the molecule is Cc1cccc(OCCNC(=O)C2(C(N)=S)CC2)c1. The average molecular weight is 278 g/mol. The van der Waals surface area contributed by atoms with Gasteiger partial charge in [0.15, 0.2) is 0 Å². The van der Waals surface area contributed by atoms with E-state index in [2.05, 4.69) is 5.32 Å². The second-order valence-electron chi connectivity index (χ2n) is 4.87. The fraction of sp³-hybridized carbons (Fsp3) is 0.429. The zero-order valence-electron chi connectivity index (χ0n) is 10.9. The number of carbonyl (C=O) groups is 1. The zero-order valence-corrected chi connectivity index (χ0v) is 11.8. The van der Waals surface area contributed by atoms with Crippen LogP contribution >= 0.6 is 12.2 Å². The summed E-state index contributed by atoms with van der Waals surface area (Å²) in [5, 5.41) is 2.82. The first-order valence-electron chi connectivity index (χ1n) is 6.32. The molecule has 0 aliphatic heterocycles. The summed E-state index contributed by atoms with van der Waals surface area (Å²) in [5.41, 5.74) is 6.15. The summed E-state index contributed by atoms with van der Waals surface area (Å²) >= 11 is 4.93. The van der Waals surface area contributed by atoms with Crippen molar-refractivity contribution in [3.8, 4) is 5.75 Å². The Morgan fingerprint density at radius 2 is 2.26 bits per heavy atom. The summed E-state index contributed by atoms with van der Waals surface area (Å²) in [6.07, 6.45) is 1.51. The molecule has 0 radical (unpaired) electrons. The highest BCUT2D eigenvalue weighted by molar-refractivity contribution is 7.80. The lowest BCUT2D eigenvalue weighted by Gasteiger charge is -2.14. The van der Waals surface area contributed by atoms with Crippen molar-refractivity contribution < 1.29 is 9.53 Å². The number of hydrogen-bond donors (Lipinski definition) is 2. The van der Waals surface area contributed by atoms with Crippen molar-refractivity contribution in [3.63, 3.8) is 0 Å². The summed E-state index contributed by atoms with van der Waals surface area (Å²) in [5.74, 6) is 0.734. The van der Waals surface area contributed by atoms with E-state index in [1.54, 1.807) is 0 Å². The van der Waals surface area contributed by atoms with Gasteiger partial charge in [0.1, 0.15) is 12.4 Å². The number of nitrogens with two attached hydrogens (primary N) is 1. The number of carbonyl (C=O) groups excluding carboxylic acids is 1. The number of rotatable bonds is 6. The summed E-state index contributed by atoms with van der Waals surface area (Å²) < 4.78 is 5.55. The van der Waals surface area contributed by atoms with Crippen LogP contribution in [0.2, 0.25) is 0 Å². The minimum Gasteiger partial charge on any atom is -0.492 e.